The smallest absolute Gasteiger partial charge is 0.269 e. The first kappa shape index (κ1) is 20.7. The van der Waals surface area contributed by atoms with E-state index >= 15 is 0 Å². The van der Waals surface area contributed by atoms with Gasteiger partial charge in [0.15, 0.2) is 5.96 Å². The second-order valence-electron chi connectivity index (χ2n) is 6.56. The Morgan fingerprint density at radius 3 is 2.88 bits per heavy atom. The quantitative estimate of drug-likeness (QED) is 0.247. The molecule has 1 heterocycles. The number of non-ortho nitro benzene ring substituents is 1. The number of nitrogens with one attached hydrogen (secondary N) is 1. The molecule has 6 nitrogen and oxygen atoms in total. The van der Waals surface area contributed by atoms with Crippen LogP contribution in [0.2, 0.25) is 0 Å². The van der Waals surface area contributed by atoms with E-state index in [2.05, 4.69) is 29.1 Å². The van der Waals surface area contributed by atoms with Crippen molar-refractivity contribution in [2.75, 3.05) is 20.1 Å². The molecule has 0 amide bonds. The Bertz CT molecular complexity index is 577. The van der Waals surface area contributed by atoms with Crippen molar-refractivity contribution < 1.29 is 4.92 Å². The van der Waals surface area contributed by atoms with Crippen molar-refractivity contribution in [1.82, 2.24) is 10.2 Å². The summed E-state index contributed by atoms with van der Waals surface area (Å²) in [7, 11) is 1.78. The first-order valence-electron chi connectivity index (χ1n) is 8.18. The Morgan fingerprint density at radius 1 is 1.50 bits per heavy atom. The van der Waals surface area contributed by atoms with Gasteiger partial charge in [0, 0.05) is 38.8 Å². The molecule has 0 bridgehead atoms. The van der Waals surface area contributed by atoms with Crippen molar-refractivity contribution in [2.24, 2.45) is 16.8 Å². The number of hydrogen-bond acceptors (Lipinski definition) is 3. The van der Waals surface area contributed by atoms with Gasteiger partial charge in [-0.1, -0.05) is 26.0 Å². The number of halogens is 1. The Balaban J connectivity index is 0.00000288. The van der Waals surface area contributed by atoms with Gasteiger partial charge in [0.25, 0.3) is 5.69 Å². The third-order valence-corrected chi connectivity index (χ3v) is 4.17. The average Bonchev–Trinajstić information content (AvgIpc) is 2.95. The molecule has 1 saturated heterocycles. The summed E-state index contributed by atoms with van der Waals surface area (Å²) in [6.45, 7) is 7.12. The number of likely N-dealkylation sites (tertiary alicyclic amines) is 1. The summed E-state index contributed by atoms with van der Waals surface area (Å²) in [5, 5.41) is 14.2. The number of nitro groups is 1. The van der Waals surface area contributed by atoms with Gasteiger partial charge in [-0.3, -0.25) is 15.1 Å². The number of rotatable bonds is 5. The molecule has 1 fully saturated rings. The molecule has 1 aromatic carbocycles. The van der Waals surface area contributed by atoms with E-state index in [9.17, 15) is 10.1 Å². The Kier molecular flexibility index (Phi) is 8.44. The Morgan fingerprint density at radius 2 is 2.25 bits per heavy atom. The van der Waals surface area contributed by atoms with Gasteiger partial charge < -0.3 is 10.2 Å². The van der Waals surface area contributed by atoms with Gasteiger partial charge in [0.05, 0.1) is 4.92 Å². The minimum absolute atomic E-state index is 0. The number of guanidine groups is 1. The fourth-order valence-corrected chi connectivity index (χ4v) is 3.18. The number of nitrogens with zero attached hydrogens (tertiary/aromatic N) is 3. The third kappa shape index (κ3) is 5.92. The lowest BCUT2D eigenvalue weighted by atomic mass is 9.97. The van der Waals surface area contributed by atoms with Gasteiger partial charge in [-0.05, 0) is 30.2 Å². The molecule has 0 spiro atoms. The molecule has 134 valence electrons. The summed E-state index contributed by atoms with van der Waals surface area (Å²) in [4.78, 5) is 17.1. The van der Waals surface area contributed by atoms with Crippen LogP contribution in [0.3, 0.4) is 0 Å². The summed E-state index contributed by atoms with van der Waals surface area (Å²) >= 11 is 0. The second-order valence-corrected chi connectivity index (χ2v) is 6.56. The summed E-state index contributed by atoms with van der Waals surface area (Å²) in [5.74, 6) is 2.33. The molecule has 0 radical (unpaired) electrons. The molecule has 0 saturated carbocycles. The normalized spacial score (nSPS) is 17.8. The van der Waals surface area contributed by atoms with Gasteiger partial charge in [0.1, 0.15) is 0 Å². The van der Waals surface area contributed by atoms with Crippen LogP contribution in [0, 0.1) is 22.0 Å². The maximum absolute atomic E-state index is 10.8. The summed E-state index contributed by atoms with van der Waals surface area (Å²) in [6, 6.07) is 6.71. The zero-order valence-corrected chi connectivity index (χ0v) is 16.9. The molecular weight excluding hydrogens is 419 g/mol. The zero-order valence-electron chi connectivity index (χ0n) is 14.6. The van der Waals surface area contributed by atoms with Crippen molar-refractivity contribution in [3.63, 3.8) is 0 Å². The molecule has 24 heavy (non-hydrogen) atoms. The van der Waals surface area contributed by atoms with Crippen molar-refractivity contribution >= 4 is 35.6 Å². The molecule has 1 aliphatic rings. The van der Waals surface area contributed by atoms with E-state index in [1.165, 1.54) is 18.9 Å². The van der Waals surface area contributed by atoms with E-state index in [1.807, 2.05) is 6.07 Å². The summed E-state index contributed by atoms with van der Waals surface area (Å²) in [6.07, 6.45) is 2.45. The molecule has 0 aliphatic carbocycles. The van der Waals surface area contributed by atoms with Crippen molar-refractivity contribution in [3.8, 4) is 0 Å². The zero-order chi connectivity index (χ0) is 16.8. The SMILES string of the molecule is CN=C(NCc1cccc([N+](=O)[O-])c1)N1CCC(CC(C)C)C1.I. The fraction of sp³-hybridized carbons (Fsp3) is 0.588. The van der Waals surface area contributed by atoms with Crippen LogP contribution in [0.1, 0.15) is 32.3 Å². The first-order valence-corrected chi connectivity index (χ1v) is 8.18. The highest BCUT2D eigenvalue weighted by atomic mass is 127. The molecule has 1 atom stereocenters. The predicted molar refractivity (Wildman–Crippen MR) is 108 cm³/mol. The maximum atomic E-state index is 10.8. The molecule has 2 rings (SSSR count). The van der Waals surface area contributed by atoms with Crippen LogP contribution < -0.4 is 5.32 Å². The molecule has 1 aromatic rings. The number of benzene rings is 1. The molecule has 0 aromatic heterocycles. The largest absolute Gasteiger partial charge is 0.352 e. The van der Waals surface area contributed by atoms with E-state index < -0.39 is 0 Å². The first-order chi connectivity index (χ1) is 11.0. The molecular formula is C17H27IN4O2. The highest BCUT2D eigenvalue weighted by molar-refractivity contribution is 14.0. The van der Waals surface area contributed by atoms with Crippen LogP contribution in [0.25, 0.3) is 0 Å². The lowest BCUT2D eigenvalue weighted by Gasteiger charge is -2.22. The van der Waals surface area contributed by atoms with Gasteiger partial charge in [0.2, 0.25) is 0 Å². The number of aliphatic imine (C=N–C) groups is 1. The van der Waals surface area contributed by atoms with Crippen LogP contribution in [0.5, 0.6) is 0 Å². The van der Waals surface area contributed by atoms with Crippen LogP contribution in [0.4, 0.5) is 5.69 Å². The van der Waals surface area contributed by atoms with Crippen molar-refractivity contribution in [2.45, 2.75) is 33.2 Å². The van der Waals surface area contributed by atoms with Gasteiger partial charge >= 0.3 is 0 Å². The van der Waals surface area contributed by atoms with E-state index in [1.54, 1.807) is 19.2 Å². The fourth-order valence-electron chi connectivity index (χ4n) is 3.18. The highest BCUT2D eigenvalue weighted by Gasteiger charge is 2.25. The monoisotopic (exact) mass is 446 g/mol. The second kappa shape index (κ2) is 9.80. The van der Waals surface area contributed by atoms with E-state index in [4.69, 9.17) is 0 Å². The highest BCUT2D eigenvalue weighted by Crippen LogP contribution is 2.23. The van der Waals surface area contributed by atoms with Crippen molar-refractivity contribution in [1.29, 1.82) is 0 Å². The molecule has 1 N–H and O–H groups in total. The molecule has 1 aliphatic heterocycles. The lowest BCUT2D eigenvalue weighted by molar-refractivity contribution is -0.384. The summed E-state index contributed by atoms with van der Waals surface area (Å²) < 4.78 is 0. The minimum Gasteiger partial charge on any atom is -0.352 e. The van der Waals surface area contributed by atoms with Crippen LogP contribution in [0.15, 0.2) is 29.3 Å². The van der Waals surface area contributed by atoms with E-state index in [0.717, 1.165) is 36.4 Å². The van der Waals surface area contributed by atoms with Gasteiger partial charge in [-0.25, -0.2) is 0 Å². The molecule has 1 unspecified atom stereocenters. The maximum Gasteiger partial charge on any atom is 0.269 e. The average molecular weight is 446 g/mol. The topological polar surface area (TPSA) is 70.8 Å². The minimum atomic E-state index is -0.366. The van der Waals surface area contributed by atoms with Gasteiger partial charge in [-0.15, -0.1) is 24.0 Å². The standard InChI is InChI=1S/C17H26N4O2.HI/c1-13(2)9-15-7-8-20(12-15)17(18-3)19-11-14-5-4-6-16(10-14)21(22)23;/h4-6,10,13,15H,7-9,11-12H2,1-3H3,(H,18,19);1H. The predicted octanol–water partition coefficient (Wildman–Crippen LogP) is 3.66. The van der Waals surface area contributed by atoms with Crippen molar-refractivity contribution in [3.05, 3.63) is 39.9 Å². The van der Waals surface area contributed by atoms with Gasteiger partial charge in [-0.2, -0.15) is 0 Å². The number of hydrogen-bond donors (Lipinski definition) is 1. The van der Waals surface area contributed by atoms with Crippen LogP contribution >= 0.6 is 24.0 Å². The van der Waals surface area contributed by atoms with E-state index in [-0.39, 0.29) is 34.6 Å². The Labute approximate surface area is 160 Å². The Hall–Kier alpha value is -1.38. The van der Waals surface area contributed by atoms with Crippen LogP contribution in [-0.2, 0) is 6.54 Å². The van der Waals surface area contributed by atoms with Crippen LogP contribution in [-0.4, -0.2) is 35.9 Å². The lowest BCUT2D eigenvalue weighted by Crippen LogP contribution is -2.39. The summed E-state index contributed by atoms with van der Waals surface area (Å²) in [5.41, 5.74) is 1.01. The van der Waals surface area contributed by atoms with E-state index in [0.29, 0.717) is 6.54 Å². The number of nitro benzene ring substituents is 1. The third-order valence-electron chi connectivity index (χ3n) is 4.17. The molecule has 7 heteroatoms.